The second-order valence-corrected chi connectivity index (χ2v) is 5.07. The molecular formula is C13H17N3O. The van der Waals surface area contributed by atoms with Gasteiger partial charge in [0, 0.05) is 18.8 Å². The molecule has 1 aromatic rings. The summed E-state index contributed by atoms with van der Waals surface area (Å²) in [5, 5.41) is 0. The normalized spacial score (nSPS) is 19.1. The first kappa shape index (κ1) is 10.6. The molecule has 3 rings (SSSR count). The van der Waals surface area contributed by atoms with E-state index in [-0.39, 0.29) is 5.91 Å². The summed E-state index contributed by atoms with van der Waals surface area (Å²) in [5.41, 5.74) is 6.72. The third kappa shape index (κ3) is 2.25. The second kappa shape index (κ2) is 4.02. The zero-order valence-corrected chi connectivity index (χ0v) is 9.80. The largest absolute Gasteiger partial charge is 0.397 e. The van der Waals surface area contributed by atoms with Crippen LogP contribution in [-0.4, -0.2) is 28.4 Å². The van der Waals surface area contributed by atoms with Gasteiger partial charge in [-0.1, -0.05) is 0 Å². The van der Waals surface area contributed by atoms with Gasteiger partial charge in [-0.15, -0.1) is 0 Å². The van der Waals surface area contributed by atoms with Gasteiger partial charge in [0.1, 0.15) is 0 Å². The average molecular weight is 231 g/mol. The highest BCUT2D eigenvalue weighted by molar-refractivity contribution is 5.97. The van der Waals surface area contributed by atoms with Gasteiger partial charge in [0.25, 0.3) is 5.91 Å². The number of nitrogens with two attached hydrogens (primary N) is 1. The zero-order chi connectivity index (χ0) is 11.8. The molecule has 0 saturated heterocycles. The molecule has 0 aliphatic heterocycles. The summed E-state index contributed by atoms with van der Waals surface area (Å²) in [6, 6.07) is 3.93. The van der Waals surface area contributed by atoms with E-state index < -0.39 is 0 Å². The van der Waals surface area contributed by atoms with Gasteiger partial charge in [-0.25, -0.2) is 4.98 Å². The van der Waals surface area contributed by atoms with Crippen LogP contribution in [0.25, 0.3) is 0 Å². The molecule has 0 radical (unpaired) electrons. The highest BCUT2D eigenvalue weighted by Gasteiger charge is 2.37. The van der Waals surface area contributed by atoms with Crippen molar-refractivity contribution in [2.24, 2.45) is 5.92 Å². The zero-order valence-electron chi connectivity index (χ0n) is 9.80. The van der Waals surface area contributed by atoms with E-state index in [0.717, 1.165) is 19.4 Å². The van der Waals surface area contributed by atoms with E-state index in [1.807, 2.05) is 4.90 Å². The maximum atomic E-state index is 12.4. The number of hydrogen-bond acceptors (Lipinski definition) is 3. The molecule has 0 atom stereocenters. The van der Waals surface area contributed by atoms with Crippen molar-refractivity contribution in [3.05, 3.63) is 24.0 Å². The first-order chi connectivity index (χ1) is 8.25. The summed E-state index contributed by atoms with van der Waals surface area (Å²) in [4.78, 5) is 18.5. The van der Waals surface area contributed by atoms with E-state index in [4.69, 9.17) is 5.73 Å². The lowest BCUT2D eigenvalue weighted by molar-refractivity contribution is 0.0730. The van der Waals surface area contributed by atoms with Crippen molar-refractivity contribution in [3.63, 3.8) is 0 Å². The summed E-state index contributed by atoms with van der Waals surface area (Å²) >= 11 is 0. The minimum Gasteiger partial charge on any atom is -0.397 e. The molecule has 0 unspecified atom stereocenters. The Kier molecular flexibility index (Phi) is 2.50. The lowest BCUT2D eigenvalue weighted by Gasteiger charge is -2.22. The van der Waals surface area contributed by atoms with Crippen molar-refractivity contribution in [3.8, 4) is 0 Å². The minimum atomic E-state index is 0.0116. The molecule has 17 heavy (non-hydrogen) atoms. The number of carbonyl (C=O) groups is 1. The number of hydrogen-bond donors (Lipinski definition) is 1. The van der Waals surface area contributed by atoms with Gasteiger partial charge in [-0.2, -0.15) is 0 Å². The van der Waals surface area contributed by atoms with E-state index in [1.165, 1.54) is 12.8 Å². The predicted octanol–water partition coefficient (Wildman–Crippen LogP) is 1.68. The van der Waals surface area contributed by atoms with Crippen molar-refractivity contribution >= 4 is 11.6 Å². The van der Waals surface area contributed by atoms with Gasteiger partial charge in [0.05, 0.1) is 5.69 Å². The maximum Gasteiger partial charge on any atom is 0.274 e. The van der Waals surface area contributed by atoms with Crippen molar-refractivity contribution in [2.45, 2.75) is 31.7 Å². The van der Waals surface area contributed by atoms with Crippen LogP contribution in [0, 0.1) is 5.92 Å². The summed E-state index contributed by atoms with van der Waals surface area (Å²) in [6.07, 6.45) is 6.41. The van der Waals surface area contributed by atoms with E-state index in [0.29, 0.717) is 23.3 Å². The fourth-order valence-corrected chi connectivity index (χ4v) is 2.10. The average Bonchev–Trinajstić information content (AvgIpc) is 3.17. The fourth-order valence-electron chi connectivity index (χ4n) is 2.10. The molecule has 1 amide bonds. The summed E-state index contributed by atoms with van der Waals surface area (Å²) in [7, 11) is 0. The molecule has 0 bridgehead atoms. The Morgan fingerprint density at radius 1 is 1.41 bits per heavy atom. The third-order valence-electron chi connectivity index (χ3n) is 3.44. The van der Waals surface area contributed by atoms with Crippen LogP contribution in [0.2, 0.25) is 0 Å². The monoisotopic (exact) mass is 231 g/mol. The second-order valence-electron chi connectivity index (χ2n) is 5.07. The molecule has 2 aliphatic carbocycles. The molecule has 2 N–H and O–H groups in total. The fraction of sp³-hybridized carbons (Fsp3) is 0.538. The Morgan fingerprint density at radius 2 is 2.18 bits per heavy atom. The van der Waals surface area contributed by atoms with E-state index >= 15 is 0 Å². The molecule has 4 heteroatoms. The van der Waals surface area contributed by atoms with E-state index in [2.05, 4.69) is 4.98 Å². The van der Waals surface area contributed by atoms with Gasteiger partial charge in [0.15, 0.2) is 5.69 Å². The summed E-state index contributed by atoms with van der Waals surface area (Å²) in [6.45, 7) is 0.888. The molecule has 0 spiro atoms. The van der Waals surface area contributed by atoms with Crippen molar-refractivity contribution in [1.82, 2.24) is 9.88 Å². The molecule has 2 aliphatic rings. The third-order valence-corrected chi connectivity index (χ3v) is 3.44. The Balaban J connectivity index is 1.80. The van der Waals surface area contributed by atoms with Crippen LogP contribution in [-0.2, 0) is 0 Å². The minimum absolute atomic E-state index is 0.0116. The first-order valence-electron chi connectivity index (χ1n) is 6.27. The SMILES string of the molecule is Nc1cccnc1C(=O)N(CC1CC1)C1CC1. The quantitative estimate of drug-likeness (QED) is 0.857. The maximum absolute atomic E-state index is 12.4. The number of aromatic nitrogens is 1. The standard InChI is InChI=1S/C13H17N3O/c14-11-2-1-7-15-12(11)13(17)16(10-5-6-10)8-9-3-4-9/h1-2,7,9-10H,3-6,8,14H2. The molecule has 2 saturated carbocycles. The first-order valence-corrected chi connectivity index (χ1v) is 6.27. The number of carbonyl (C=O) groups excluding carboxylic acids is 1. The van der Waals surface area contributed by atoms with Gasteiger partial charge in [0.2, 0.25) is 0 Å². The van der Waals surface area contributed by atoms with Crippen LogP contribution >= 0.6 is 0 Å². The van der Waals surface area contributed by atoms with Gasteiger partial charge in [-0.05, 0) is 43.7 Å². The number of nitrogen functional groups attached to an aromatic ring is 1. The van der Waals surface area contributed by atoms with Gasteiger partial charge >= 0.3 is 0 Å². The summed E-state index contributed by atoms with van der Waals surface area (Å²) < 4.78 is 0. The number of rotatable bonds is 4. The molecule has 2 fully saturated rings. The Labute approximate surface area is 101 Å². The highest BCUT2D eigenvalue weighted by Crippen LogP contribution is 2.35. The number of anilines is 1. The smallest absolute Gasteiger partial charge is 0.274 e. The van der Waals surface area contributed by atoms with Crippen molar-refractivity contribution in [1.29, 1.82) is 0 Å². The Morgan fingerprint density at radius 3 is 2.76 bits per heavy atom. The van der Waals surface area contributed by atoms with E-state index in [1.54, 1.807) is 18.3 Å². The summed E-state index contributed by atoms with van der Waals surface area (Å²) in [5.74, 6) is 0.724. The molecule has 0 aromatic carbocycles. The molecular weight excluding hydrogens is 214 g/mol. The van der Waals surface area contributed by atoms with E-state index in [9.17, 15) is 4.79 Å². The number of amides is 1. The van der Waals surface area contributed by atoms with Crippen molar-refractivity contribution in [2.75, 3.05) is 12.3 Å². The van der Waals surface area contributed by atoms with Crippen LogP contribution in [0.5, 0.6) is 0 Å². The predicted molar refractivity (Wildman–Crippen MR) is 65.4 cm³/mol. The lowest BCUT2D eigenvalue weighted by atomic mass is 10.2. The topological polar surface area (TPSA) is 59.2 Å². The lowest BCUT2D eigenvalue weighted by Crippen LogP contribution is -2.35. The molecule has 1 aromatic heterocycles. The molecule has 90 valence electrons. The van der Waals surface area contributed by atoms with Gasteiger partial charge in [-0.3, -0.25) is 4.79 Å². The number of nitrogens with zero attached hydrogens (tertiary/aromatic N) is 2. The molecule has 4 nitrogen and oxygen atoms in total. The number of pyridine rings is 1. The molecule has 1 heterocycles. The van der Waals surface area contributed by atoms with Crippen LogP contribution in [0.15, 0.2) is 18.3 Å². The van der Waals surface area contributed by atoms with Crippen LogP contribution in [0.4, 0.5) is 5.69 Å². The highest BCUT2D eigenvalue weighted by atomic mass is 16.2. The Hall–Kier alpha value is -1.58. The van der Waals surface area contributed by atoms with Crippen LogP contribution < -0.4 is 5.73 Å². The van der Waals surface area contributed by atoms with Gasteiger partial charge < -0.3 is 10.6 Å². The van der Waals surface area contributed by atoms with Crippen LogP contribution in [0.1, 0.15) is 36.2 Å². The Bertz CT molecular complexity index is 438. The van der Waals surface area contributed by atoms with Crippen molar-refractivity contribution < 1.29 is 4.79 Å². The van der Waals surface area contributed by atoms with Crippen LogP contribution in [0.3, 0.4) is 0 Å².